The topological polar surface area (TPSA) is 26.0 Å². The van der Waals surface area contributed by atoms with E-state index in [1.165, 1.54) is 14.9 Å². The summed E-state index contributed by atoms with van der Waals surface area (Å²) in [6.45, 7) is 0.770. The van der Waals surface area contributed by atoms with E-state index in [0.29, 0.717) is 5.25 Å². The van der Waals surface area contributed by atoms with Crippen molar-refractivity contribution >= 4 is 27.7 Å². The van der Waals surface area contributed by atoms with Crippen LogP contribution in [0.3, 0.4) is 0 Å². The summed E-state index contributed by atoms with van der Waals surface area (Å²) in [5.41, 5.74) is 7.06. The fraction of sp³-hybridized carbons (Fsp3) is 0.333. The van der Waals surface area contributed by atoms with Crippen molar-refractivity contribution in [2.24, 2.45) is 5.73 Å². The third-order valence-corrected chi connectivity index (χ3v) is 4.14. The van der Waals surface area contributed by atoms with Gasteiger partial charge in [-0.05, 0) is 24.1 Å². The Morgan fingerprint density at radius 1 is 1.58 bits per heavy atom. The van der Waals surface area contributed by atoms with Crippen LogP contribution in [-0.4, -0.2) is 11.8 Å². The fourth-order valence-corrected chi connectivity index (χ4v) is 3.29. The first-order chi connectivity index (χ1) is 5.81. The summed E-state index contributed by atoms with van der Waals surface area (Å²) in [4.78, 5) is 1.39. The Morgan fingerprint density at radius 2 is 2.42 bits per heavy atom. The predicted molar refractivity (Wildman–Crippen MR) is 56.5 cm³/mol. The van der Waals surface area contributed by atoms with Gasteiger partial charge in [0.25, 0.3) is 0 Å². The van der Waals surface area contributed by atoms with Gasteiger partial charge in [0.1, 0.15) is 0 Å². The SMILES string of the molecule is NCC1Cc2c(Br)cccc2S1. The molecule has 1 aromatic rings. The standard InChI is InChI=1S/C9H10BrNS/c10-8-2-1-3-9-7(8)4-6(5-11)12-9/h1-3,6H,4-5,11H2. The van der Waals surface area contributed by atoms with Gasteiger partial charge in [-0.2, -0.15) is 0 Å². The molecule has 1 atom stereocenters. The molecule has 1 nitrogen and oxygen atoms in total. The quantitative estimate of drug-likeness (QED) is 0.821. The predicted octanol–water partition coefficient (Wildman–Crippen LogP) is 2.42. The lowest BCUT2D eigenvalue weighted by Crippen LogP contribution is -2.15. The second-order valence-corrected chi connectivity index (χ2v) is 5.09. The molecule has 0 bridgehead atoms. The second-order valence-electron chi connectivity index (χ2n) is 2.90. The average molecular weight is 244 g/mol. The van der Waals surface area contributed by atoms with E-state index < -0.39 is 0 Å². The Bertz CT molecular complexity index is 301. The lowest BCUT2D eigenvalue weighted by atomic mass is 10.1. The van der Waals surface area contributed by atoms with E-state index in [1.807, 2.05) is 11.8 Å². The van der Waals surface area contributed by atoms with Crippen molar-refractivity contribution in [3.8, 4) is 0 Å². The number of rotatable bonds is 1. The molecule has 1 aromatic carbocycles. The summed E-state index contributed by atoms with van der Waals surface area (Å²) in [6, 6.07) is 6.34. The number of nitrogens with two attached hydrogens (primary N) is 1. The molecule has 3 heteroatoms. The largest absolute Gasteiger partial charge is 0.329 e. The fourth-order valence-electron chi connectivity index (χ4n) is 1.43. The highest BCUT2D eigenvalue weighted by molar-refractivity contribution is 9.10. The summed E-state index contributed by atoms with van der Waals surface area (Å²) < 4.78 is 1.23. The summed E-state index contributed by atoms with van der Waals surface area (Å²) in [6.07, 6.45) is 1.11. The van der Waals surface area contributed by atoms with Crippen molar-refractivity contribution in [2.75, 3.05) is 6.54 Å². The molecule has 0 fully saturated rings. The van der Waals surface area contributed by atoms with Gasteiger partial charge in [0.2, 0.25) is 0 Å². The Labute approximate surface area is 84.9 Å². The van der Waals surface area contributed by atoms with Crippen molar-refractivity contribution in [1.29, 1.82) is 0 Å². The number of fused-ring (bicyclic) bond motifs is 1. The van der Waals surface area contributed by atoms with Gasteiger partial charge < -0.3 is 5.73 Å². The molecule has 0 saturated carbocycles. The third kappa shape index (κ3) is 1.41. The van der Waals surface area contributed by atoms with Crippen LogP contribution in [0.25, 0.3) is 0 Å². The van der Waals surface area contributed by atoms with Crippen LogP contribution in [-0.2, 0) is 6.42 Å². The zero-order valence-electron chi connectivity index (χ0n) is 6.59. The monoisotopic (exact) mass is 243 g/mol. The number of benzene rings is 1. The Balaban J connectivity index is 2.35. The van der Waals surface area contributed by atoms with Gasteiger partial charge in [0.15, 0.2) is 0 Å². The first kappa shape index (κ1) is 8.60. The van der Waals surface area contributed by atoms with Crippen LogP contribution in [0.15, 0.2) is 27.6 Å². The molecule has 64 valence electrons. The summed E-state index contributed by atoms with van der Waals surface area (Å²) in [5, 5.41) is 0.582. The zero-order valence-corrected chi connectivity index (χ0v) is 8.99. The second kappa shape index (κ2) is 3.40. The van der Waals surface area contributed by atoms with Gasteiger partial charge >= 0.3 is 0 Å². The van der Waals surface area contributed by atoms with Gasteiger partial charge in [-0.3, -0.25) is 0 Å². The maximum atomic E-state index is 5.63. The van der Waals surface area contributed by atoms with E-state index in [2.05, 4.69) is 34.1 Å². The molecule has 2 N–H and O–H groups in total. The summed E-state index contributed by atoms with van der Waals surface area (Å²) >= 11 is 5.45. The molecule has 0 aliphatic carbocycles. The zero-order chi connectivity index (χ0) is 8.55. The smallest absolute Gasteiger partial charge is 0.0258 e. The minimum absolute atomic E-state index is 0.582. The van der Waals surface area contributed by atoms with Crippen LogP contribution in [0, 0.1) is 0 Å². The maximum absolute atomic E-state index is 5.63. The number of hydrogen-bond donors (Lipinski definition) is 1. The molecular weight excluding hydrogens is 234 g/mol. The molecule has 1 aliphatic heterocycles. The van der Waals surface area contributed by atoms with Crippen LogP contribution < -0.4 is 5.73 Å². The van der Waals surface area contributed by atoms with E-state index in [9.17, 15) is 0 Å². The number of thioether (sulfide) groups is 1. The average Bonchev–Trinajstić information content (AvgIpc) is 2.49. The van der Waals surface area contributed by atoms with Crippen molar-refractivity contribution < 1.29 is 0 Å². The molecule has 1 unspecified atom stereocenters. The van der Waals surface area contributed by atoms with E-state index in [0.717, 1.165) is 13.0 Å². The third-order valence-electron chi connectivity index (χ3n) is 2.06. The molecule has 1 aliphatic rings. The lowest BCUT2D eigenvalue weighted by molar-refractivity contribution is 0.864. The normalized spacial score (nSPS) is 21.0. The minimum Gasteiger partial charge on any atom is -0.329 e. The Morgan fingerprint density at radius 3 is 3.08 bits per heavy atom. The Hall–Kier alpha value is 0.01000. The highest BCUT2D eigenvalue weighted by Gasteiger charge is 2.22. The van der Waals surface area contributed by atoms with Crippen LogP contribution in [0.2, 0.25) is 0 Å². The van der Waals surface area contributed by atoms with E-state index >= 15 is 0 Å². The molecular formula is C9H10BrNS. The number of hydrogen-bond acceptors (Lipinski definition) is 2. The molecule has 12 heavy (non-hydrogen) atoms. The summed E-state index contributed by atoms with van der Waals surface area (Å²) in [5.74, 6) is 0. The molecule has 1 heterocycles. The van der Waals surface area contributed by atoms with E-state index in [1.54, 1.807) is 0 Å². The molecule has 0 radical (unpaired) electrons. The summed E-state index contributed by atoms with van der Waals surface area (Å²) in [7, 11) is 0. The van der Waals surface area contributed by atoms with Gasteiger partial charge in [-0.25, -0.2) is 0 Å². The molecule has 0 saturated heterocycles. The molecule has 0 aromatic heterocycles. The maximum Gasteiger partial charge on any atom is 0.0258 e. The molecule has 0 amide bonds. The Kier molecular flexibility index (Phi) is 2.44. The van der Waals surface area contributed by atoms with Crippen LogP contribution >= 0.6 is 27.7 Å². The minimum atomic E-state index is 0.582. The van der Waals surface area contributed by atoms with Gasteiger partial charge in [-0.15, -0.1) is 11.8 Å². The lowest BCUT2D eigenvalue weighted by Gasteiger charge is -2.00. The van der Waals surface area contributed by atoms with Crippen molar-refractivity contribution in [3.63, 3.8) is 0 Å². The van der Waals surface area contributed by atoms with Crippen molar-refractivity contribution in [1.82, 2.24) is 0 Å². The van der Waals surface area contributed by atoms with Gasteiger partial charge in [0.05, 0.1) is 0 Å². The molecule has 0 spiro atoms. The highest BCUT2D eigenvalue weighted by Crippen LogP contribution is 2.39. The van der Waals surface area contributed by atoms with Crippen LogP contribution in [0.1, 0.15) is 5.56 Å². The highest BCUT2D eigenvalue weighted by atomic mass is 79.9. The number of halogens is 1. The van der Waals surface area contributed by atoms with Gasteiger partial charge in [0, 0.05) is 21.2 Å². The first-order valence-corrected chi connectivity index (χ1v) is 5.62. The van der Waals surface area contributed by atoms with Crippen molar-refractivity contribution in [3.05, 3.63) is 28.2 Å². The first-order valence-electron chi connectivity index (χ1n) is 3.95. The molecule has 2 rings (SSSR count). The van der Waals surface area contributed by atoms with Crippen LogP contribution in [0.5, 0.6) is 0 Å². The van der Waals surface area contributed by atoms with Crippen molar-refractivity contribution in [2.45, 2.75) is 16.6 Å². The van der Waals surface area contributed by atoms with E-state index in [-0.39, 0.29) is 0 Å². The van der Waals surface area contributed by atoms with Crippen LogP contribution in [0.4, 0.5) is 0 Å². The van der Waals surface area contributed by atoms with E-state index in [4.69, 9.17) is 5.73 Å². The van der Waals surface area contributed by atoms with Gasteiger partial charge in [-0.1, -0.05) is 22.0 Å².